The number of benzene rings is 1. The lowest BCUT2D eigenvalue weighted by atomic mass is 10.2. The molecule has 0 saturated heterocycles. The van der Waals surface area contributed by atoms with Crippen molar-refractivity contribution < 1.29 is 5.11 Å². The van der Waals surface area contributed by atoms with E-state index in [9.17, 15) is 4.79 Å². The molecule has 1 aromatic carbocycles. The summed E-state index contributed by atoms with van der Waals surface area (Å²) in [4.78, 5) is 13.7. The minimum Gasteiger partial charge on any atom is -0.493 e. The van der Waals surface area contributed by atoms with Crippen LogP contribution in [0, 0.1) is 6.92 Å². The molecule has 4 nitrogen and oxygen atoms in total. The SMILES string of the molecule is Cc1cc(-n2cc(O)[nH]c2=O)ccc1Br. The van der Waals surface area contributed by atoms with E-state index in [0.717, 1.165) is 15.7 Å². The van der Waals surface area contributed by atoms with Gasteiger partial charge in [0, 0.05) is 4.47 Å². The molecular weight excluding hydrogens is 260 g/mol. The standard InChI is InChI=1S/C10H9BrN2O2/c1-6-4-7(2-3-8(6)11)13-5-9(14)12-10(13)15/h2-5,14H,1H3,(H,12,15). The summed E-state index contributed by atoms with van der Waals surface area (Å²) in [6, 6.07) is 5.52. The minimum atomic E-state index is -0.353. The first kappa shape index (κ1) is 10.0. The molecule has 0 saturated carbocycles. The number of aromatic amines is 1. The summed E-state index contributed by atoms with van der Waals surface area (Å²) in [5.41, 5.74) is 1.39. The van der Waals surface area contributed by atoms with Crippen molar-refractivity contribution in [3.63, 3.8) is 0 Å². The number of H-pyrrole nitrogens is 1. The van der Waals surface area contributed by atoms with Gasteiger partial charge in [-0.3, -0.25) is 9.55 Å². The number of aryl methyl sites for hydroxylation is 1. The third kappa shape index (κ3) is 1.83. The molecule has 2 N–H and O–H groups in total. The van der Waals surface area contributed by atoms with Crippen LogP contribution < -0.4 is 5.69 Å². The summed E-state index contributed by atoms with van der Waals surface area (Å²) in [6.07, 6.45) is 1.35. The van der Waals surface area contributed by atoms with Gasteiger partial charge in [0.2, 0.25) is 5.88 Å². The number of aromatic hydroxyl groups is 1. The Balaban J connectivity index is 2.59. The zero-order valence-corrected chi connectivity index (χ0v) is 9.58. The lowest BCUT2D eigenvalue weighted by Crippen LogP contribution is -2.13. The fourth-order valence-corrected chi connectivity index (χ4v) is 1.60. The lowest BCUT2D eigenvalue weighted by Gasteiger charge is -2.03. The van der Waals surface area contributed by atoms with Crippen molar-refractivity contribution in [2.75, 3.05) is 0 Å². The highest BCUT2D eigenvalue weighted by atomic mass is 79.9. The molecule has 0 spiro atoms. The maximum atomic E-state index is 11.4. The summed E-state index contributed by atoms with van der Waals surface area (Å²) in [6.45, 7) is 1.94. The van der Waals surface area contributed by atoms with Gasteiger partial charge in [-0.15, -0.1) is 0 Å². The molecule has 0 radical (unpaired) electrons. The van der Waals surface area contributed by atoms with E-state index in [1.807, 2.05) is 19.1 Å². The number of hydrogen-bond acceptors (Lipinski definition) is 2. The van der Waals surface area contributed by atoms with Gasteiger partial charge in [0.1, 0.15) is 0 Å². The number of hydrogen-bond donors (Lipinski definition) is 2. The number of nitrogens with one attached hydrogen (secondary N) is 1. The Morgan fingerprint density at radius 3 is 2.73 bits per heavy atom. The summed E-state index contributed by atoms with van der Waals surface area (Å²) < 4.78 is 2.34. The maximum absolute atomic E-state index is 11.4. The monoisotopic (exact) mass is 268 g/mol. The molecule has 0 aliphatic carbocycles. The van der Waals surface area contributed by atoms with E-state index in [-0.39, 0.29) is 11.6 Å². The number of rotatable bonds is 1. The summed E-state index contributed by atoms with van der Waals surface area (Å²) in [5, 5.41) is 9.13. The zero-order chi connectivity index (χ0) is 11.0. The number of imidazole rings is 1. The highest BCUT2D eigenvalue weighted by molar-refractivity contribution is 9.10. The van der Waals surface area contributed by atoms with Crippen molar-refractivity contribution >= 4 is 15.9 Å². The Morgan fingerprint density at radius 2 is 2.20 bits per heavy atom. The largest absolute Gasteiger partial charge is 0.493 e. The molecule has 0 aliphatic rings. The zero-order valence-electron chi connectivity index (χ0n) is 7.99. The highest BCUT2D eigenvalue weighted by Crippen LogP contribution is 2.19. The van der Waals surface area contributed by atoms with E-state index in [2.05, 4.69) is 20.9 Å². The molecule has 15 heavy (non-hydrogen) atoms. The number of aromatic nitrogens is 2. The number of nitrogens with zero attached hydrogens (tertiary/aromatic N) is 1. The molecule has 0 amide bonds. The van der Waals surface area contributed by atoms with Gasteiger partial charge < -0.3 is 5.11 Å². The van der Waals surface area contributed by atoms with Gasteiger partial charge in [-0.2, -0.15) is 0 Å². The Labute approximate surface area is 94.3 Å². The van der Waals surface area contributed by atoms with Crippen molar-refractivity contribution in [3.05, 3.63) is 44.9 Å². The van der Waals surface area contributed by atoms with Gasteiger partial charge in [-0.1, -0.05) is 15.9 Å². The van der Waals surface area contributed by atoms with Crippen LogP contribution in [0.3, 0.4) is 0 Å². The molecule has 1 heterocycles. The van der Waals surface area contributed by atoms with Gasteiger partial charge >= 0.3 is 5.69 Å². The predicted molar refractivity (Wildman–Crippen MR) is 60.5 cm³/mol. The normalized spacial score (nSPS) is 10.5. The first-order chi connectivity index (χ1) is 7.08. The second-order valence-corrected chi connectivity index (χ2v) is 4.10. The van der Waals surface area contributed by atoms with Crippen LogP contribution in [0.1, 0.15) is 5.56 Å². The van der Waals surface area contributed by atoms with Crippen LogP contribution in [0.2, 0.25) is 0 Å². The fraction of sp³-hybridized carbons (Fsp3) is 0.100. The van der Waals surface area contributed by atoms with E-state index in [0.29, 0.717) is 0 Å². The van der Waals surface area contributed by atoms with Crippen LogP contribution in [0.15, 0.2) is 33.7 Å². The van der Waals surface area contributed by atoms with E-state index >= 15 is 0 Å². The van der Waals surface area contributed by atoms with Crippen molar-refractivity contribution in [3.8, 4) is 11.6 Å². The molecule has 2 aromatic rings. The summed E-state index contributed by atoms with van der Waals surface area (Å²) in [5.74, 6) is -0.138. The van der Waals surface area contributed by atoms with Gasteiger partial charge in [0.05, 0.1) is 11.9 Å². The average Bonchev–Trinajstić information content (AvgIpc) is 2.50. The van der Waals surface area contributed by atoms with Crippen molar-refractivity contribution in [2.24, 2.45) is 0 Å². The van der Waals surface area contributed by atoms with Crippen LogP contribution in [0.5, 0.6) is 5.88 Å². The Kier molecular flexibility index (Phi) is 2.40. The Hall–Kier alpha value is -1.49. The molecule has 0 aliphatic heterocycles. The smallest absolute Gasteiger partial charge is 0.332 e. The number of halogens is 1. The average molecular weight is 269 g/mol. The molecule has 5 heteroatoms. The summed E-state index contributed by atoms with van der Waals surface area (Å²) >= 11 is 3.38. The lowest BCUT2D eigenvalue weighted by molar-refractivity contribution is 0.455. The molecule has 0 atom stereocenters. The van der Waals surface area contributed by atoms with Crippen LogP contribution in [-0.4, -0.2) is 14.7 Å². The predicted octanol–water partition coefficient (Wildman–Crippen LogP) is 1.94. The van der Waals surface area contributed by atoms with E-state index < -0.39 is 0 Å². The van der Waals surface area contributed by atoms with Gasteiger partial charge in [-0.25, -0.2) is 4.79 Å². The maximum Gasteiger partial charge on any atom is 0.332 e. The van der Waals surface area contributed by atoms with Crippen LogP contribution >= 0.6 is 15.9 Å². The van der Waals surface area contributed by atoms with Crippen molar-refractivity contribution in [1.82, 2.24) is 9.55 Å². The second-order valence-electron chi connectivity index (χ2n) is 3.25. The van der Waals surface area contributed by atoms with Crippen molar-refractivity contribution in [1.29, 1.82) is 0 Å². The quantitative estimate of drug-likeness (QED) is 0.831. The highest BCUT2D eigenvalue weighted by Gasteiger charge is 2.04. The van der Waals surface area contributed by atoms with Crippen LogP contribution in [0.25, 0.3) is 5.69 Å². The minimum absolute atomic E-state index is 0.138. The third-order valence-electron chi connectivity index (χ3n) is 2.12. The van der Waals surface area contributed by atoms with Gasteiger partial charge in [0.15, 0.2) is 0 Å². The van der Waals surface area contributed by atoms with E-state index in [4.69, 9.17) is 5.11 Å². The molecule has 0 unspecified atom stereocenters. The molecule has 1 aromatic heterocycles. The van der Waals surface area contributed by atoms with Crippen LogP contribution in [0.4, 0.5) is 0 Å². The second kappa shape index (κ2) is 3.58. The molecular formula is C10H9BrN2O2. The van der Waals surface area contributed by atoms with E-state index in [1.165, 1.54) is 10.8 Å². The van der Waals surface area contributed by atoms with E-state index in [1.54, 1.807) is 6.07 Å². The van der Waals surface area contributed by atoms with Crippen LogP contribution in [-0.2, 0) is 0 Å². The Morgan fingerprint density at radius 1 is 1.47 bits per heavy atom. The molecule has 78 valence electrons. The third-order valence-corrected chi connectivity index (χ3v) is 3.01. The first-order valence-electron chi connectivity index (χ1n) is 4.35. The van der Waals surface area contributed by atoms with Gasteiger partial charge in [-0.05, 0) is 30.7 Å². The van der Waals surface area contributed by atoms with Crippen molar-refractivity contribution in [2.45, 2.75) is 6.92 Å². The molecule has 0 fully saturated rings. The topological polar surface area (TPSA) is 58.0 Å². The van der Waals surface area contributed by atoms with Gasteiger partial charge in [0.25, 0.3) is 0 Å². The molecule has 2 rings (SSSR count). The fourth-order valence-electron chi connectivity index (χ4n) is 1.35. The Bertz CT molecular complexity index is 557. The molecule has 0 bridgehead atoms. The first-order valence-corrected chi connectivity index (χ1v) is 5.14. The summed E-state index contributed by atoms with van der Waals surface area (Å²) in [7, 11) is 0.